The van der Waals surface area contributed by atoms with Crippen molar-refractivity contribution in [2.75, 3.05) is 6.61 Å². The number of carbonyl (C=O) groups excluding carboxylic acids is 1. The van der Waals surface area contributed by atoms with Crippen LogP contribution < -0.4 is 0 Å². The topological polar surface area (TPSA) is 38.8 Å². The number of fused-ring (bicyclic) bond motifs is 5. The van der Waals surface area contributed by atoms with Gasteiger partial charge < -0.3 is 9.47 Å². The molecule has 4 aliphatic carbocycles. The van der Waals surface area contributed by atoms with Crippen molar-refractivity contribution in [1.29, 1.82) is 0 Å². The second kappa shape index (κ2) is 5.24. The van der Waals surface area contributed by atoms with E-state index in [1.165, 1.54) is 51.4 Å². The molecule has 1 heterocycles. The molecule has 5 fully saturated rings. The third-order valence-corrected chi connectivity index (χ3v) is 9.58. The van der Waals surface area contributed by atoms with Gasteiger partial charge in [0.05, 0.1) is 12.2 Å². The van der Waals surface area contributed by atoms with Crippen LogP contribution in [0.4, 0.5) is 0 Å². The average molecular weight is 347 g/mol. The third kappa shape index (κ3) is 2.30. The molecule has 0 N–H and O–H groups in total. The summed E-state index contributed by atoms with van der Waals surface area (Å²) in [5.41, 5.74) is 1.06. The zero-order chi connectivity index (χ0) is 17.4. The van der Waals surface area contributed by atoms with Crippen molar-refractivity contribution in [2.24, 2.45) is 34.5 Å². The van der Waals surface area contributed by atoms with Gasteiger partial charge in [-0.05, 0) is 86.9 Å². The van der Waals surface area contributed by atoms with Crippen molar-refractivity contribution in [2.45, 2.75) is 90.3 Å². The highest BCUT2D eigenvalue weighted by Gasteiger charge is 2.63. The Kier molecular flexibility index (Phi) is 3.48. The van der Waals surface area contributed by atoms with E-state index in [1.807, 2.05) is 0 Å². The minimum atomic E-state index is -0.0910. The molecule has 4 saturated carbocycles. The van der Waals surface area contributed by atoms with Gasteiger partial charge in [0.15, 0.2) is 0 Å². The first-order valence-electron chi connectivity index (χ1n) is 10.7. The first-order valence-corrected chi connectivity index (χ1v) is 10.7. The van der Waals surface area contributed by atoms with Crippen LogP contribution in [0.5, 0.6) is 0 Å². The molecule has 8 atom stereocenters. The summed E-state index contributed by atoms with van der Waals surface area (Å²) in [6.45, 7) is 7.65. The Morgan fingerprint density at radius 1 is 0.960 bits per heavy atom. The van der Waals surface area contributed by atoms with E-state index < -0.39 is 0 Å². The Bertz CT molecular complexity index is 582. The van der Waals surface area contributed by atoms with Crippen LogP contribution in [-0.2, 0) is 14.3 Å². The fraction of sp³-hybridized carbons (Fsp3) is 0.955. The summed E-state index contributed by atoms with van der Waals surface area (Å²) in [5.74, 6) is 3.29. The molecule has 0 aromatic heterocycles. The zero-order valence-electron chi connectivity index (χ0n) is 16.2. The predicted octanol–water partition coefficient (Wildman–Crippen LogP) is 4.73. The van der Waals surface area contributed by atoms with Gasteiger partial charge >= 0.3 is 5.97 Å². The van der Waals surface area contributed by atoms with Gasteiger partial charge in [0.25, 0.3) is 0 Å². The lowest BCUT2D eigenvalue weighted by molar-refractivity contribution is -0.162. The Balaban J connectivity index is 1.39. The van der Waals surface area contributed by atoms with Crippen LogP contribution in [-0.4, -0.2) is 24.3 Å². The number of esters is 1. The SMILES string of the molecule is CC(=O)O[C@@H]1CC[C@H]2[C@@H]3CC[C@@H]4C[C@]5(CC[C@]4(C)[C@H]3CC[C@]12C)CO5. The van der Waals surface area contributed by atoms with Crippen molar-refractivity contribution >= 4 is 5.97 Å². The van der Waals surface area contributed by atoms with E-state index in [0.29, 0.717) is 11.0 Å². The summed E-state index contributed by atoms with van der Waals surface area (Å²) < 4.78 is 11.6. The molecule has 3 heteroatoms. The number of carbonyl (C=O) groups is 1. The first-order chi connectivity index (χ1) is 11.9. The summed E-state index contributed by atoms with van der Waals surface area (Å²) in [5, 5.41) is 0. The van der Waals surface area contributed by atoms with Gasteiger partial charge in [-0.1, -0.05) is 13.8 Å². The molecule has 1 saturated heterocycles. The molecule has 5 aliphatic rings. The quantitative estimate of drug-likeness (QED) is 0.509. The Labute approximate surface area is 152 Å². The highest BCUT2D eigenvalue weighted by atomic mass is 16.6. The van der Waals surface area contributed by atoms with E-state index in [0.717, 1.165) is 36.7 Å². The smallest absolute Gasteiger partial charge is 0.302 e. The van der Waals surface area contributed by atoms with E-state index in [2.05, 4.69) is 13.8 Å². The van der Waals surface area contributed by atoms with E-state index >= 15 is 0 Å². The highest BCUT2D eigenvalue weighted by Crippen LogP contribution is 2.68. The monoisotopic (exact) mass is 346 g/mol. The number of epoxide rings is 1. The molecule has 0 unspecified atom stereocenters. The molecule has 1 spiro atoms. The second-order valence-electron chi connectivity index (χ2n) is 10.6. The van der Waals surface area contributed by atoms with Gasteiger partial charge in [0.1, 0.15) is 6.10 Å². The normalized spacial score (nSPS) is 56.7. The van der Waals surface area contributed by atoms with Gasteiger partial charge in [0.2, 0.25) is 0 Å². The Morgan fingerprint density at radius 3 is 2.44 bits per heavy atom. The minimum absolute atomic E-state index is 0.0910. The van der Waals surface area contributed by atoms with Crippen molar-refractivity contribution in [1.82, 2.24) is 0 Å². The van der Waals surface area contributed by atoms with Gasteiger partial charge in [-0.2, -0.15) is 0 Å². The number of rotatable bonds is 1. The lowest BCUT2D eigenvalue weighted by Crippen LogP contribution is -2.55. The van der Waals surface area contributed by atoms with E-state index in [4.69, 9.17) is 9.47 Å². The summed E-state index contributed by atoms with van der Waals surface area (Å²) in [6, 6.07) is 0. The molecule has 0 radical (unpaired) electrons. The predicted molar refractivity (Wildman–Crippen MR) is 96.0 cm³/mol. The van der Waals surface area contributed by atoms with Gasteiger partial charge in [-0.15, -0.1) is 0 Å². The third-order valence-electron chi connectivity index (χ3n) is 9.58. The fourth-order valence-corrected chi connectivity index (χ4v) is 8.02. The summed E-state index contributed by atoms with van der Waals surface area (Å²) in [7, 11) is 0. The second-order valence-corrected chi connectivity index (χ2v) is 10.6. The summed E-state index contributed by atoms with van der Waals surface area (Å²) in [6.07, 6.45) is 11.9. The number of ether oxygens (including phenoxy) is 2. The van der Waals surface area contributed by atoms with Gasteiger partial charge in [0, 0.05) is 12.3 Å². The van der Waals surface area contributed by atoms with Crippen LogP contribution in [0.1, 0.15) is 78.6 Å². The van der Waals surface area contributed by atoms with Gasteiger partial charge in [-0.25, -0.2) is 0 Å². The molecule has 0 aromatic carbocycles. The first kappa shape index (κ1) is 16.6. The molecule has 140 valence electrons. The maximum atomic E-state index is 11.6. The standard InChI is InChI=1S/C22H34O3/c1-14(23)25-19-7-6-17-16-5-4-15-12-22(13-24-22)11-10-20(15,2)18(16)8-9-21(17,19)3/h15-19H,4-13H2,1-3H3/t15-,16+,17+,18+,19-,20+,21+,22-/m1/s1. The van der Waals surface area contributed by atoms with Crippen molar-refractivity contribution < 1.29 is 14.3 Å². The van der Waals surface area contributed by atoms with E-state index in [9.17, 15) is 4.79 Å². The van der Waals surface area contributed by atoms with Crippen LogP contribution in [0.15, 0.2) is 0 Å². The fourth-order valence-electron chi connectivity index (χ4n) is 8.02. The van der Waals surface area contributed by atoms with Crippen molar-refractivity contribution in [3.8, 4) is 0 Å². The van der Waals surface area contributed by atoms with Crippen molar-refractivity contribution in [3.63, 3.8) is 0 Å². The maximum absolute atomic E-state index is 11.6. The van der Waals surface area contributed by atoms with Crippen LogP contribution in [0, 0.1) is 34.5 Å². The molecule has 0 aromatic rings. The summed E-state index contributed by atoms with van der Waals surface area (Å²) in [4.78, 5) is 11.6. The minimum Gasteiger partial charge on any atom is -0.462 e. The average Bonchev–Trinajstić information content (AvgIpc) is 3.24. The van der Waals surface area contributed by atoms with Crippen LogP contribution >= 0.6 is 0 Å². The molecule has 5 rings (SSSR count). The van der Waals surface area contributed by atoms with Crippen LogP contribution in [0.3, 0.4) is 0 Å². The van der Waals surface area contributed by atoms with Gasteiger partial charge in [-0.3, -0.25) is 4.79 Å². The molecular weight excluding hydrogens is 312 g/mol. The van der Waals surface area contributed by atoms with Crippen LogP contribution in [0.25, 0.3) is 0 Å². The molecule has 3 nitrogen and oxygen atoms in total. The molecule has 0 amide bonds. The van der Waals surface area contributed by atoms with Crippen LogP contribution in [0.2, 0.25) is 0 Å². The highest BCUT2D eigenvalue weighted by molar-refractivity contribution is 5.66. The molecular formula is C22H34O3. The lowest BCUT2D eigenvalue weighted by atomic mass is 9.44. The number of hydrogen-bond donors (Lipinski definition) is 0. The largest absolute Gasteiger partial charge is 0.462 e. The van der Waals surface area contributed by atoms with E-state index in [1.54, 1.807) is 6.92 Å². The Morgan fingerprint density at radius 2 is 1.72 bits per heavy atom. The zero-order valence-corrected chi connectivity index (χ0v) is 16.2. The molecule has 0 bridgehead atoms. The number of hydrogen-bond acceptors (Lipinski definition) is 3. The lowest BCUT2D eigenvalue weighted by Gasteiger charge is -2.60. The maximum Gasteiger partial charge on any atom is 0.302 e. The van der Waals surface area contributed by atoms with Crippen molar-refractivity contribution in [3.05, 3.63) is 0 Å². The Hall–Kier alpha value is -0.570. The summed E-state index contributed by atoms with van der Waals surface area (Å²) >= 11 is 0. The molecule has 25 heavy (non-hydrogen) atoms. The molecule has 1 aliphatic heterocycles. The van der Waals surface area contributed by atoms with E-state index in [-0.39, 0.29) is 17.5 Å².